The number of halogens is 1. The Kier molecular flexibility index (Phi) is 2.95. The van der Waals surface area contributed by atoms with Crippen molar-refractivity contribution in [3.8, 4) is 0 Å². The minimum absolute atomic E-state index is 0.176. The molecule has 98 valence electrons. The van der Waals surface area contributed by atoms with E-state index in [0.717, 1.165) is 12.8 Å². The van der Waals surface area contributed by atoms with Crippen molar-refractivity contribution in [3.05, 3.63) is 23.6 Å². The number of fused-ring (bicyclic) bond motifs is 2. The second-order valence-electron chi connectivity index (χ2n) is 5.18. The lowest BCUT2D eigenvalue weighted by Crippen LogP contribution is -2.45. The average Bonchev–Trinajstić information content (AvgIpc) is 2.62. The Balaban J connectivity index is 1.96. The Labute approximate surface area is 105 Å². The molecule has 1 aromatic rings. The van der Waals surface area contributed by atoms with E-state index in [0.29, 0.717) is 18.7 Å². The maximum absolute atomic E-state index is 14.2. The van der Waals surface area contributed by atoms with Gasteiger partial charge in [0.05, 0.1) is 12.7 Å². The standard InChI is InChI=1S/C13H17FN2O2/c14-12-8(7-17)3-4-15-13(12)16-9-1-2-10(16)6-11(18)5-9/h3-4,9-11,17-18H,1-2,5-7H2. The maximum Gasteiger partial charge on any atom is 0.171 e. The van der Waals surface area contributed by atoms with Crippen molar-refractivity contribution in [2.24, 2.45) is 0 Å². The summed E-state index contributed by atoms with van der Waals surface area (Å²) in [6, 6.07) is 1.85. The van der Waals surface area contributed by atoms with E-state index in [4.69, 9.17) is 5.11 Å². The first-order chi connectivity index (χ1) is 8.70. The van der Waals surface area contributed by atoms with Gasteiger partial charge in [0.2, 0.25) is 0 Å². The van der Waals surface area contributed by atoms with Crippen LogP contribution in [-0.2, 0) is 6.61 Å². The fourth-order valence-corrected chi connectivity index (χ4v) is 3.27. The van der Waals surface area contributed by atoms with Gasteiger partial charge in [-0.05, 0) is 31.7 Å². The average molecular weight is 252 g/mol. The summed E-state index contributed by atoms with van der Waals surface area (Å²) >= 11 is 0. The number of nitrogens with zero attached hydrogens (tertiary/aromatic N) is 2. The summed E-state index contributed by atoms with van der Waals surface area (Å²) in [5, 5.41) is 18.8. The number of aliphatic hydroxyl groups excluding tert-OH is 2. The molecule has 4 nitrogen and oxygen atoms in total. The Hall–Kier alpha value is -1.20. The van der Waals surface area contributed by atoms with E-state index < -0.39 is 5.82 Å². The van der Waals surface area contributed by atoms with Crippen LogP contribution in [0.5, 0.6) is 0 Å². The Morgan fingerprint density at radius 2 is 2.00 bits per heavy atom. The summed E-state index contributed by atoms with van der Waals surface area (Å²) in [6.07, 6.45) is 4.58. The highest BCUT2D eigenvalue weighted by Gasteiger charge is 2.41. The molecule has 0 aromatic carbocycles. The summed E-state index contributed by atoms with van der Waals surface area (Å²) in [7, 11) is 0. The zero-order valence-corrected chi connectivity index (χ0v) is 10.1. The van der Waals surface area contributed by atoms with E-state index in [9.17, 15) is 9.50 Å². The van der Waals surface area contributed by atoms with Gasteiger partial charge in [-0.1, -0.05) is 0 Å². The van der Waals surface area contributed by atoms with E-state index >= 15 is 0 Å². The third kappa shape index (κ3) is 1.78. The SMILES string of the molecule is OCc1ccnc(N2C3CCC2CC(O)C3)c1F. The predicted octanol–water partition coefficient (Wildman–Crippen LogP) is 1.21. The monoisotopic (exact) mass is 252 g/mol. The molecule has 3 heterocycles. The van der Waals surface area contributed by atoms with Gasteiger partial charge in [-0.3, -0.25) is 0 Å². The summed E-state index contributed by atoms with van der Waals surface area (Å²) in [4.78, 5) is 6.14. The molecule has 3 rings (SSSR count). The number of rotatable bonds is 2. The molecule has 2 N–H and O–H groups in total. The molecule has 18 heavy (non-hydrogen) atoms. The van der Waals surface area contributed by atoms with Crippen molar-refractivity contribution in [1.29, 1.82) is 0 Å². The zero-order valence-electron chi connectivity index (χ0n) is 10.1. The molecule has 2 unspecified atom stereocenters. The highest BCUT2D eigenvalue weighted by Crippen LogP contribution is 2.39. The lowest BCUT2D eigenvalue weighted by molar-refractivity contribution is 0.125. The number of piperidine rings is 1. The lowest BCUT2D eigenvalue weighted by atomic mass is 9.99. The molecule has 2 bridgehead atoms. The van der Waals surface area contributed by atoms with Crippen molar-refractivity contribution in [3.63, 3.8) is 0 Å². The molecule has 0 saturated carbocycles. The first-order valence-electron chi connectivity index (χ1n) is 6.41. The van der Waals surface area contributed by atoms with Crippen LogP contribution < -0.4 is 4.90 Å². The van der Waals surface area contributed by atoms with E-state index in [1.54, 1.807) is 0 Å². The second-order valence-corrected chi connectivity index (χ2v) is 5.18. The molecule has 0 aliphatic carbocycles. The van der Waals surface area contributed by atoms with Crippen LogP contribution in [0.25, 0.3) is 0 Å². The number of aliphatic hydroxyl groups is 2. The van der Waals surface area contributed by atoms with Gasteiger partial charge in [-0.15, -0.1) is 0 Å². The van der Waals surface area contributed by atoms with Gasteiger partial charge in [0.1, 0.15) is 0 Å². The molecule has 2 saturated heterocycles. The fraction of sp³-hybridized carbons (Fsp3) is 0.615. The number of anilines is 1. The molecule has 2 atom stereocenters. The summed E-state index contributed by atoms with van der Waals surface area (Å²) < 4.78 is 14.2. The first-order valence-corrected chi connectivity index (χ1v) is 6.41. The van der Waals surface area contributed by atoms with E-state index in [-0.39, 0.29) is 30.4 Å². The molecule has 2 aliphatic rings. The molecule has 5 heteroatoms. The van der Waals surface area contributed by atoms with Gasteiger partial charge >= 0.3 is 0 Å². The molecule has 2 fully saturated rings. The number of aromatic nitrogens is 1. The molecule has 0 amide bonds. The molecule has 1 aromatic heterocycles. The van der Waals surface area contributed by atoms with E-state index in [1.807, 2.05) is 4.90 Å². The van der Waals surface area contributed by atoms with Gasteiger partial charge in [-0.2, -0.15) is 0 Å². The number of hydrogen-bond acceptors (Lipinski definition) is 4. The highest BCUT2D eigenvalue weighted by molar-refractivity contribution is 5.47. The minimum Gasteiger partial charge on any atom is -0.393 e. The summed E-state index contributed by atoms with van der Waals surface area (Å²) in [5.74, 6) is -0.0887. The van der Waals surface area contributed by atoms with Crippen molar-refractivity contribution in [2.75, 3.05) is 4.90 Å². The molecular formula is C13H17FN2O2. The quantitative estimate of drug-likeness (QED) is 0.830. The zero-order chi connectivity index (χ0) is 12.7. The van der Waals surface area contributed by atoms with Crippen LogP contribution in [0.2, 0.25) is 0 Å². The minimum atomic E-state index is -0.423. The molecular weight excluding hydrogens is 235 g/mol. The van der Waals surface area contributed by atoms with Crippen LogP contribution in [-0.4, -0.2) is 33.4 Å². The molecule has 2 aliphatic heterocycles. The van der Waals surface area contributed by atoms with Gasteiger partial charge in [0.15, 0.2) is 11.6 Å². The van der Waals surface area contributed by atoms with Crippen LogP contribution in [0.1, 0.15) is 31.2 Å². The summed E-state index contributed by atoms with van der Waals surface area (Å²) in [5.41, 5.74) is 0.283. The van der Waals surface area contributed by atoms with E-state index in [2.05, 4.69) is 4.98 Å². The van der Waals surface area contributed by atoms with Crippen molar-refractivity contribution in [1.82, 2.24) is 4.98 Å². The third-order valence-electron chi connectivity index (χ3n) is 4.07. The second kappa shape index (κ2) is 4.48. The smallest absolute Gasteiger partial charge is 0.171 e. The van der Waals surface area contributed by atoms with Gasteiger partial charge in [0, 0.05) is 23.8 Å². The topological polar surface area (TPSA) is 56.6 Å². The van der Waals surface area contributed by atoms with Crippen LogP contribution in [0.15, 0.2) is 12.3 Å². The maximum atomic E-state index is 14.2. The first kappa shape index (κ1) is 11.9. The van der Waals surface area contributed by atoms with Gasteiger partial charge < -0.3 is 15.1 Å². The fourth-order valence-electron chi connectivity index (χ4n) is 3.27. The largest absolute Gasteiger partial charge is 0.393 e. The van der Waals surface area contributed by atoms with Crippen LogP contribution in [0, 0.1) is 5.82 Å². The molecule has 0 radical (unpaired) electrons. The Bertz CT molecular complexity index is 441. The van der Waals surface area contributed by atoms with Crippen LogP contribution >= 0.6 is 0 Å². The van der Waals surface area contributed by atoms with E-state index in [1.165, 1.54) is 12.3 Å². The highest BCUT2D eigenvalue weighted by atomic mass is 19.1. The van der Waals surface area contributed by atoms with Crippen LogP contribution in [0.3, 0.4) is 0 Å². The normalized spacial score (nSPS) is 30.8. The third-order valence-corrected chi connectivity index (χ3v) is 4.07. The predicted molar refractivity (Wildman–Crippen MR) is 64.6 cm³/mol. The van der Waals surface area contributed by atoms with Crippen molar-refractivity contribution in [2.45, 2.75) is 50.5 Å². The van der Waals surface area contributed by atoms with Gasteiger partial charge in [-0.25, -0.2) is 9.37 Å². The Morgan fingerprint density at radius 1 is 1.33 bits per heavy atom. The van der Waals surface area contributed by atoms with Crippen LogP contribution in [0.4, 0.5) is 10.2 Å². The van der Waals surface area contributed by atoms with Crippen molar-refractivity contribution < 1.29 is 14.6 Å². The number of hydrogen-bond donors (Lipinski definition) is 2. The number of pyridine rings is 1. The Morgan fingerprint density at radius 3 is 2.61 bits per heavy atom. The lowest BCUT2D eigenvalue weighted by Gasteiger charge is -2.38. The van der Waals surface area contributed by atoms with Crippen molar-refractivity contribution >= 4 is 5.82 Å². The summed E-state index contributed by atoms with van der Waals surface area (Å²) in [6.45, 7) is -0.312. The molecule has 0 spiro atoms. The van der Waals surface area contributed by atoms with Gasteiger partial charge in [0.25, 0.3) is 0 Å².